The highest BCUT2D eigenvalue weighted by Gasteiger charge is 2.28. The first kappa shape index (κ1) is 16.8. The molecule has 1 saturated heterocycles. The fourth-order valence-corrected chi connectivity index (χ4v) is 1.48. The highest BCUT2D eigenvalue weighted by molar-refractivity contribution is 5.98. The number of piperazine rings is 1. The number of carbonyl (C=O) groups is 3. The van der Waals surface area contributed by atoms with Crippen LogP contribution in [-0.2, 0) is 14.4 Å². The summed E-state index contributed by atoms with van der Waals surface area (Å²) in [5.74, 6) is -0.816. The van der Waals surface area contributed by atoms with Crippen LogP contribution in [0, 0.1) is 0 Å². The van der Waals surface area contributed by atoms with Gasteiger partial charge in [0.2, 0.25) is 11.8 Å². The van der Waals surface area contributed by atoms with Crippen molar-refractivity contribution in [3.8, 4) is 0 Å². The van der Waals surface area contributed by atoms with Gasteiger partial charge in [-0.05, 0) is 18.2 Å². The maximum Gasteiger partial charge on any atom is 0.246 e. The van der Waals surface area contributed by atoms with Gasteiger partial charge in [-0.2, -0.15) is 0 Å². The summed E-state index contributed by atoms with van der Waals surface area (Å²) in [6, 6.07) is -0.424. The molecule has 0 spiro atoms. The van der Waals surface area contributed by atoms with Crippen LogP contribution >= 0.6 is 0 Å². The largest absolute Gasteiger partial charge is 0.366 e. The molecular formula is C13H19N3O3. The van der Waals surface area contributed by atoms with Gasteiger partial charge in [0.05, 0.1) is 0 Å². The second-order valence-electron chi connectivity index (χ2n) is 3.67. The van der Waals surface area contributed by atoms with Gasteiger partial charge < -0.3 is 16.0 Å². The van der Waals surface area contributed by atoms with Crippen molar-refractivity contribution in [1.29, 1.82) is 0 Å². The Labute approximate surface area is 112 Å². The molecule has 0 radical (unpaired) electrons. The lowest BCUT2D eigenvalue weighted by Crippen LogP contribution is -2.56. The summed E-state index contributed by atoms with van der Waals surface area (Å²) in [5, 5.41) is 3.06. The Morgan fingerprint density at radius 2 is 1.74 bits per heavy atom. The van der Waals surface area contributed by atoms with Crippen LogP contribution in [0.15, 0.2) is 38.0 Å². The van der Waals surface area contributed by atoms with E-state index in [1.807, 2.05) is 0 Å². The summed E-state index contributed by atoms with van der Waals surface area (Å²) in [6.45, 7) is 11.6. The first-order valence-electron chi connectivity index (χ1n) is 5.69. The molecular weight excluding hydrogens is 246 g/mol. The number of nitrogens with one attached hydrogen (secondary N) is 1. The smallest absolute Gasteiger partial charge is 0.246 e. The highest BCUT2D eigenvalue weighted by Crippen LogP contribution is 2.05. The third-order valence-corrected chi connectivity index (χ3v) is 2.43. The van der Waals surface area contributed by atoms with E-state index >= 15 is 0 Å². The quantitative estimate of drug-likeness (QED) is 0.663. The summed E-state index contributed by atoms with van der Waals surface area (Å²) in [7, 11) is 0. The molecule has 0 saturated carbocycles. The lowest BCUT2D eigenvalue weighted by atomic mass is 10.1. The van der Waals surface area contributed by atoms with Gasteiger partial charge >= 0.3 is 0 Å². The molecule has 0 bridgehead atoms. The number of primary amides is 1. The fourth-order valence-electron chi connectivity index (χ4n) is 1.48. The third-order valence-electron chi connectivity index (χ3n) is 2.43. The zero-order valence-corrected chi connectivity index (χ0v) is 10.8. The number of nitrogens with two attached hydrogens (primary N) is 1. The molecule has 1 unspecified atom stereocenters. The number of hydrogen-bond acceptors (Lipinski definition) is 4. The Balaban J connectivity index is 0.000000555. The minimum Gasteiger partial charge on any atom is -0.366 e. The normalized spacial score (nSPS) is 17.5. The molecule has 2 amide bonds. The monoisotopic (exact) mass is 265 g/mol. The van der Waals surface area contributed by atoms with Gasteiger partial charge in [0.15, 0.2) is 5.78 Å². The maximum absolute atomic E-state index is 11.4. The standard InChI is InChI=1S/C10H14N2O2.C3H5NO/c1-3-9(13)8-7-11-5-6-12(8)10(14)4-2;1-2-3(4)5/h3-4,8,11H,1-2,5-7H2;2H,1H2,(H2,4,5). The predicted molar refractivity (Wildman–Crippen MR) is 73.2 cm³/mol. The van der Waals surface area contributed by atoms with Crippen LogP contribution in [0.5, 0.6) is 0 Å². The van der Waals surface area contributed by atoms with Crippen LogP contribution in [-0.4, -0.2) is 48.2 Å². The molecule has 0 aromatic carbocycles. The Bertz CT molecular complexity index is 363. The SMILES string of the molecule is C=CC(=O)C1CNCCN1C(=O)C=C.C=CC(N)=O. The second-order valence-corrected chi connectivity index (χ2v) is 3.67. The molecule has 1 atom stereocenters. The molecule has 1 aliphatic rings. The van der Waals surface area contributed by atoms with Gasteiger partial charge in [0.25, 0.3) is 0 Å². The Hall–Kier alpha value is -2.21. The second kappa shape index (κ2) is 8.82. The molecule has 6 heteroatoms. The molecule has 1 heterocycles. The lowest BCUT2D eigenvalue weighted by molar-refractivity contribution is -0.135. The molecule has 6 nitrogen and oxygen atoms in total. The number of amides is 2. The molecule has 1 rings (SSSR count). The van der Waals surface area contributed by atoms with E-state index in [2.05, 4.69) is 30.8 Å². The summed E-state index contributed by atoms with van der Waals surface area (Å²) < 4.78 is 0. The van der Waals surface area contributed by atoms with Crippen molar-refractivity contribution in [2.75, 3.05) is 19.6 Å². The fraction of sp³-hybridized carbons (Fsp3) is 0.308. The van der Waals surface area contributed by atoms with Crippen molar-refractivity contribution in [2.24, 2.45) is 5.73 Å². The van der Waals surface area contributed by atoms with Crippen molar-refractivity contribution in [3.63, 3.8) is 0 Å². The number of carbonyl (C=O) groups excluding carboxylic acids is 3. The molecule has 19 heavy (non-hydrogen) atoms. The van der Waals surface area contributed by atoms with Crippen molar-refractivity contribution in [3.05, 3.63) is 38.0 Å². The summed E-state index contributed by atoms with van der Waals surface area (Å²) >= 11 is 0. The van der Waals surface area contributed by atoms with Gasteiger partial charge in [-0.15, -0.1) is 0 Å². The zero-order chi connectivity index (χ0) is 14.8. The molecule has 104 valence electrons. The van der Waals surface area contributed by atoms with E-state index in [1.165, 1.54) is 17.1 Å². The van der Waals surface area contributed by atoms with E-state index in [-0.39, 0.29) is 11.7 Å². The van der Waals surface area contributed by atoms with Crippen LogP contribution < -0.4 is 11.1 Å². The van der Waals surface area contributed by atoms with E-state index < -0.39 is 11.9 Å². The minimum absolute atomic E-state index is 0.132. The van der Waals surface area contributed by atoms with Crippen LogP contribution in [0.25, 0.3) is 0 Å². The van der Waals surface area contributed by atoms with E-state index in [9.17, 15) is 14.4 Å². The van der Waals surface area contributed by atoms with Gasteiger partial charge in [-0.25, -0.2) is 0 Å². The average Bonchev–Trinajstić information content (AvgIpc) is 2.46. The van der Waals surface area contributed by atoms with E-state index in [0.717, 1.165) is 6.08 Å². The molecule has 1 aliphatic heterocycles. The van der Waals surface area contributed by atoms with Crippen molar-refractivity contribution >= 4 is 17.6 Å². The maximum atomic E-state index is 11.4. The van der Waals surface area contributed by atoms with Gasteiger partial charge in [-0.3, -0.25) is 14.4 Å². The van der Waals surface area contributed by atoms with E-state index in [1.54, 1.807) is 0 Å². The topological polar surface area (TPSA) is 92.5 Å². The van der Waals surface area contributed by atoms with Crippen LogP contribution in [0.4, 0.5) is 0 Å². The number of rotatable bonds is 4. The van der Waals surface area contributed by atoms with Crippen LogP contribution in [0.3, 0.4) is 0 Å². The molecule has 0 aromatic heterocycles. The minimum atomic E-state index is -0.481. The van der Waals surface area contributed by atoms with Gasteiger partial charge in [0, 0.05) is 19.6 Å². The molecule has 0 aliphatic carbocycles. The average molecular weight is 265 g/mol. The molecule has 3 N–H and O–H groups in total. The predicted octanol–water partition coefficient (Wildman–Crippen LogP) is -0.614. The Kier molecular flexibility index (Phi) is 7.79. The summed E-state index contributed by atoms with van der Waals surface area (Å²) in [6.07, 6.45) is 3.54. The van der Waals surface area contributed by atoms with E-state index in [0.29, 0.717) is 19.6 Å². The molecule has 0 aromatic rings. The van der Waals surface area contributed by atoms with Crippen molar-refractivity contribution in [1.82, 2.24) is 10.2 Å². The number of hydrogen-bond donors (Lipinski definition) is 2. The highest BCUT2D eigenvalue weighted by atomic mass is 16.2. The number of nitrogens with zero attached hydrogens (tertiary/aromatic N) is 1. The third kappa shape index (κ3) is 5.78. The first-order chi connectivity index (χ1) is 8.97. The Morgan fingerprint density at radius 3 is 2.16 bits per heavy atom. The lowest BCUT2D eigenvalue weighted by Gasteiger charge is -2.33. The van der Waals surface area contributed by atoms with Gasteiger partial charge in [0.1, 0.15) is 6.04 Å². The van der Waals surface area contributed by atoms with Gasteiger partial charge in [-0.1, -0.05) is 19.7 Å². The van der Waals surface area contributed by atoms with E-state index in [4.69, 9.17) is 0 Å². The first-order valence-corrected chi connectivity index (χ1v) is 5.69. The van der Waals surface area contributed by atoms with Crippen LogP contribution in [0.1, 0.15) is 0 Å². The zero-order valence-electron chi connectivity index (χ0n) is 10.8. The molecule has 1 fully saturated rings. The summed E-state index contributed by atoms with van der Waals surface area (Å²) in [5.41, 5.74) is 4.53. The summed E-state index contributed by atoms with van der Waals surface area (Å²) in [4.78, 5) is 33.8. The van der Waals surface area contributed by atoms with Crippen LogP contribution in [0.2, 0.25) is 0 Å². The van der Waals surface area contributed by atoms with Crippen molar-refractivity contribution < 1.29 is 14.4 Å². The Morgan fingerprint density at radius 1 is 1.16 bits per heavy atom. The number of ketones is 1. The van der Waals surface area contributed by atoms with Crippen molar-refractivity contribution in [2.45, 2.75) is 6.04 Å².